The number of hydrogen-bond acceptors (Lipinski definition) is 1. The predicted octanol–water partition coefficient (Wildman–Crippen LogP) is 1.75. The largest absolute Gasteiger partial charge is 0.481 e. The molecule has 0 saturated heterocycles. The Kier molecular flexibility index (Phi) is 1.44. The Morgan fingerprint density at radius 3 is 2.58 bits per heavy atom. The predicted molar refractivity (Wildman–Crippen MR) is 36.9 cm³/mol. The number of hydrogen-bond donors (Lipinski definition) is 1. The van der Waals surface area contributed by atoms with Gasteiger partial charge in [-0.05, 0) is 18.8 Å². The molecule has 0 aromatic heterocycles. The Morgan fingerprint density at radius 2 is 2.17 bits per heavy atom. The first-order chi connectivity index (χ1) is 5.53. The first-order valence-electron chi connectivity index (χ1n) is 4.13. The van der Waals surface area contributed by atoms with Gasteiger partial charge in [0.25, 0.3) is 5.92 Å². The standard InChI is InChI=1S/C8H10F2O2/c9-8(10)5-2-1-4(7(5)8)3-6(11)12/h4-5,7H,1-3H2,(H,11,12). The lowest BCUT2D eigenvalue weighted by atomic mass is 9.99. The fraction of sp³-hybridized carbons (Fsp3) is 0.875. The third-order valence-corrected chi connectivity index (χ3v) is 3.06. The van der Waals surface area contributed by atoms with Gasteiger partial charge in [-0.25, -0.2) is 8.78 Å². The minimum atomic E-state index is -2.54. The van der Waals surface area contributed by atoms with Crippen LogP contribution in [0.3, 0.4) is 0 Å². The summed E-state index contributed by atoms with van der Waals surface area (Å²) in [5, 5.41) is 8.44. The Morgan fingerprint density at radius 1 is 1.50 bits per heavy atom. The fourth-order valence-corrected chi connectivity index (χ4v) is 2.46. The SMILES string of the molecule is O=C(O)CC1CCC2C1C2(F)F. The van der Waals surface area contributed by atoms with E-state index in [1.807, 2.05) is 0 Å². The van der Waals surface area contributed by atoms with Gasteiger partial charge in [-0.15, -0.1) is 0 Å². The molecule has 2 aliphatic rings. The monoisotopic (exact) mass is 176 g/mol. The highest BCUT2D eigenvalue weighted by molar-refractivity contribution is 5.67. The van der Waals surface area contributed by atoms with E-state index in [1.54, 1.807) is 0 Å². The summed E-state index contributed by atoms with van der Waals surface area (Å²) in [7, 11) is 0. The molecule has 12 heavy (non-hydrogen) atoms. The summed E-state index contributed by atoms with van der Waals surface area (Å²) in [5.74, 6) is -4.89. The van der Waals surface area contributed by atoms with Crippen molar-refractivity contribution in [2.45, 2.75) is 25.2 Å². The highest BCUT2D eigenvalue weighted by Gasteiger charge is 2.72. The number of halogens is 2. The van der Waals surface area contributed by atoms with Crippen molar-refractivity contribution in [3.05, 3.63) is 0 Å². The lowest BCUT2D eigenvalue weighted by Gasteiger charge is -2.10. The van der Waals surface area contributed by atoms with E-state index in [9.17, 15) is 13.6 Å². The summed E-state index contributed by atoms with van der Waals surface area (Å²) in [6, 6.07) is 0. The van der Waals surface area contributed by atoms with E-state index in [1.165, 1.54) is 0 Å². The average Bonchev–Trinajstić information content (AvgIpc) is 2.36. The van der Waals surface area contributed by atoms with E-state index in [4.69, 9.17) is 5.11 Å². The van der Waals surface area contributed by atoms with Crippen LogP contribution in [0.5, 0.6) is 0 Å². The number of carboxylic acid groups (broad SMARTS) is 1. The van der Waals surface area contributed by atoms with Crippen LogP contribution >= 0.6 is 0 Å². The lowest BCUT2D eigenvalue weighted by molar-refractivity contribution is -0.138. The Hall–Kier alpha value is -0.670. The molecule has 2 nitrogen and oxygen atoms in total. The van der Waals surface area contributed by atoms with Gasteiger partial charge in [-0.3, -0.25) is 4.79 Å². The molecule has 2 aliphatic carbocycles. The van der Waals surface area contributed by atoms with Gasteiger partial charge in [0.05, 0.1) is 0 Å². The first-order valence-corrected chi connectivity index (χ1v) is 4.13. The molecule has 3 atom stereocenters. The minimum absolute atomic E-state index is 0.0866. The third-order valence-electron chi connectivity index (χ3n) is 3.06. The zero-order valence-corrected chi connectivity index (χ0v) is 6.46. The molecule has 0 radical (unpaired) electrons. The molecular weight excluding hydrogens is 166 g/mol. The molecule has 3 unspecified atom stereocenters. The van der Waals surface area contributed by atoms with Crippen LogP contribution in [0.25, 0.3) is 0 Å². The summed E-state index contributed by atoms with van der Waals surface area (Å²) < 4.78 is 25.5. The summed E-state index contributed by atoms with van der Waals surface area (Å²) >= 11 is 0. The van der Waals surface area contributed by atoms with E-state index in [0.29, 0.717) is 12.8 Å². The molecule has 0 aromatic carbocycles. The van der Waals surface area contributed by atoms with Gasteiger partial charge in [-0.1, -0.05) is 0 Å². The van der Waals surface area contributed by atoms with Gasteiger partial charge in [0.2, 0.25) is 0 Å². The summed E-state index contributed by atoms with van der Waals surface area (Å²) in [5.41, 5.74) is 0. The van der Waals surface area contributed by atoms with Crippen molar-refractivity contribution in [1.29, 1.82) is 0 Å². The highest BCUT2D eigenvalue weighted by atomic mass is 19.3. The van der Waals surface area contributed by atoms with Gasteiger partial charge in [0.15, 0.2) is 0 Å². The van der Waals surface area contributed by atoms with Crippen molar-refractivity contribution in [2.75, 3.05) is 0 Å². The Labute approximate surface area is 68.6 Å². The van der Waals surface area contributed by atoms with Gasteiger partial charge >= 0.3 is 5.97 Å². The van der Waals surface area contributed by atoms with E-state index in [0.717, 1.165) is 0 Å². The molecule has 0 spiro atoms. The van der Waals surface area contributed by atoms with Crippen molar-refractivity contribution >= 4 is 5.97 Å². The van der Waals surface area contributed by atoms with E-state index in [-0.39, 0.29) is 12.3 Å². The summed E-state index contributed by atoms with van der Waals surface area (Å²) in [4.78, 5) is 10.3. The Bertz CT molecular complexity index is 227. The second-order valence-electron chi connectivity index (χ2n) is 3.74. The number of carbonyl (C=O) groups is 1. The van der Waals surface area contributed by atoms with Crippen LogP contribution in [0.4, 0.5) is 8.78 Å². The molecule has 0 amide bonds. The number of fused-ring (bicyclic) bond motifs is 1. The number of aliphatic carboxylic acids is 1. The van der Waals surface area contributed by atoms with Crippen LogP contribution in [0.1, 0.15) is 19.3 Å². The van der Waals surface area contributed by atoms with Crippen molar-refractivity contribution in [3.8, 4) is 0 Å². The Balaban J connectivity index is 1.98. The van der Waals surface area contributed by atoms with Crippen molar-refractivity contribution in [1.82, 2.24) is 0 Å². The van der Waals surface area contributed by atoms with Crippen LogP contribution in [-0.2, 0) is 4.79 Å². The first kappa shape index (κ1) is 7.95. The van der Waals surface area contributed by atoms with E-state index in [2.05, 4.69) is 0 Å². The maximum absolute atomic E-state index is 12.7. The highest BCUT2D eigenvalue weighted by Crippen LogP contribution is 2.67. The summed E-state index contributed by atoms with van der Waals surface area (Å²) in [6.45, 7) is 0. The second kappa shape index (κ2) is 2.18. The van der Waals surface area contributed by atoms with Crippen LogP contribution < -0.4 is 0 Å². The van der Waals surface area contributed by atoms with Crippen LogP contribution in [0.2, 0.25) is 0 Å². The maximum Gasteiger partial charge on any atom is 0.303 e. The van der Waals surface area contributed by atoms with E-state index >= 15 is 0 Å². The number of alkyl halides is 2. The zero-order valence-electron chi connectivity index (χ0n) is 6.46. The van der Waals surface area contributed by atoms with Gasteiger partial charge in [0.1, 0.15) is 0 Å². The van der Waals surface area contributed by atoms with Crippen molar-refractivity contribution in [2.24, 2.45) is 17.8 Å². The lowest BCUT2D eigenvalue weighted by Crippen LogP contribution is -2.13. The second-order valence-corrected chi connectivity index (χ2v) is 3.74. The smallest absolute Gasteiger partial charge is 0.303 e. The van der Waals surface area contributed by atoms with Crippen LogP contribution in [0.15, 0.2) is 0 Å². The molecular formula is C8H10F2O2. The molecule has 0 aromatic rings. The van der Waals surface area contributed by atoms with Crippen molar-refractivity contribution in [3.63, 3.8) is 0 Å². The summed E-state index contributed by atoms with van der Waals surface area (Å²) in [6.07, 6.45) is 1.09. The molecule has 0 aliphatic heterocycles. The van der Waals surface area contributed by atoms with Gasteiger partial charge in [-0.2, -0.15) is 0 Å². The van der Waals surface area contributed by atoms with Gasteiger partial charge < -0.3 is 5.11 Å². The zero-order chi connectivity index (χ0) is 8.93. The molecule has 2 saturated carbocycles. The molecule has 1 N–H and O–H groups in total. The molecule has 68 valence electrons. The van der Waals surface area contributed by atoms with Crippen molar-refractivity contribution < 1.29 is 18.7 Å². The molecule has 2 fully saturated rings. The van der Waals surface area contributed by atoms with E-state index < -0.39 is 23.7 Å². The average molecular weight is 176 g/mol. The van der Waals surface area contributed by atoms with Gasteiger partial charge in [0, 0.05) is 18.3 Å². The number of rotatable bonds is 2. The topological polar surface area (TPSA) is 37.3 Å². The number of carboxylic acids is 1. The maximum atomic E-state index is 12.7. The quantitative estimate of drug-likeness (QED) is 0.695. The fourth-order valence-electron chi connectivity index (χ4n) is 2.46. The minimum Gasteiger partial charge on any atom is -0.481 e. The molecule has 0 heterocycles. The normalized spacial score (nSPS) is 42.3. The van der Waals surface area contributed by atoms with Crippen LogP contribution in [-0.4, -0.2) is 17.0 Å². The molecule has 2 rings (SSSR count). The molecule has 0 bridgehead atoms. The third kappa shape index (κ3) is 0.934. The molecule has 4 heteroatoms. The van der Waals surface area contributed by atoms with Crippen LogP contribution in [0, 0.1) is 17.8 Å².